The van der Waals surface area contributed by atoms with Crippen molar-refractivity contribution >= 4 is 109 Å². The maximum atomic E-state index is 0. The van der Waals surface area contributed by atoms with Gasteiger partial charge in [0.15, 0.2) is 0 Å². The molecule has 0 unspecified atom stereocenters. The predicted molar refractivity (Wildman–Crippen MR) is 23.7 cm³/mol. The average molecular weight is 834 g/mol. The second kappa shape index (κ2) is 25.4. The molecule has 0 heterocycles. The van der Waals surface area contributed by atoms with Crippen molar-refractivity contribution in [1.29, 1.82) is 0 Å². The zero-order chi connectivity index (χ0) is 0. The minimum Gasteiger partial charge on any atom is -2.00 e. The molecule has 0 bridgehead atoms. The van der Waals surface area contributed by atoms with E-state index in [9.17, 15) is 0 Å². The van der Waals surface area contributed by atoms with Gasteiger partial charge < -0.3 is 5.48 Å². The molecule has 0 aromatic carbocycles. The first kappa shape index (κ1) is 38.0. The molecule has 5 heavy (non-hydrogen) atoms. The van der Waals surface area contributed by atoms with Crippen LogP contribution in [-0.2, 0) is 5.48 Å². The van der Waals surface area contributed by atoms with Crippen molar-refractivity contribution in [1.82, 2.24) is 0 Å². The minimum atomic E-state index is 0. The first-order valence-corrected chi connectivity index (χ1v) is 0. The van der Waals surface area contributed by atoms with Gasteiger partial charge in [0.05, 0.1) is 0 Å². The van der Waals surface area contributed by atoms with E-state index in [1.54, 1.807) is 0 Å². The van der Waals surface area contributed by atoms with Crippen LogP contribution in [0.1, 0.15) is 0 Å². The molecule has 0 saturated carbocycles. The van der Waals surface area contributed by atoms with E-state index in [1.807, 2.05) is 0 Å². The van der Waals surface area contributed by atoms with Gasteiger partial charge in [0.1, 0.15) is 0 Å². The summed E-state index contributed by atoms with van der Waals surface area (Å²) in [6.45, 7) is 0. The van der Waals surface area contributed by atoms with E-state index < -0.39 is 0 Å². The zero-order valence-electron chi connectivity index (χ0n) is 2.72. The molecule has 0 rings (SSSR count). The maximum Gasteiger partial charge on any atom is 1.00 e. The maximum absolute atomic E-state index is 0. The van der Waals surface area contributed by atoms with Gasteiger partial charge in [-0.3, -0.25) is 0 Å². The molecule has 0 amide bonds. The van der Waals surface area contributed by atoms with Crippen LogP contribution in [0.15, 0.2) is 0 Å². The summed E-state index contributed by atoms with van der Waals surface area (Å²) in [4.78, 5) is 0. The summed E-state index contributed by atoms with van der Waals surface area (Å²) < 4.78 is 0. The first-order chi connectivity index (χ1) is 0. The van der Waals surface area contributed by atoms with Crippen molar-refractivity contribution in [2.75, 3.05) is 0 Å². The van der Waals surface area contributed by atoms with Gasteiger partial charge in [-0.05, 0) is 0 Å². The van der Waals surface area contributed by atoms with E-state index in [2.05, 4.69) is 0 Å². The van der Waals surface area contributed by atoms with Crippen molar-refractivity contribution in [2.24, 2.45) is 0 Å². The van der Waals surface area contributed by atoms with Crippen LogP contribution < -0.4 is 0 Å². The normalized spacial score (nSPS) is 0. The van der Waals surface area contributed by atoms with Crippen molar-refractivity contribution in [3.8, 4) is 0 Å². The van der Waals surface area contributed by atoms with Crippen molar-refractivity contribution in [3.63, 3.8) is 0 Å². The quantitative estimate of drug-likeness (QED) is 0.263. The van der Waals surface area contributed by atoms with Gasteiger partial charge >= 0.3 is 54.6 Å². The summed E-state index contributed by atoms with van der Waals surface area (Å²) in [5.74, 6) is 0. The predicted octanol–water partition coefficient (Wildman–Crippen LogP) is -1.64. The standard InChI is InChI=1S/O.4Tl/q-2;;;2*+1. The number of hydrogen-bond acceptors (Lipinski definition) is 0. The largest absolute Gasteiger partial charge is 2.00 e. The summed E-state index contributed by atoms with van der Waals surface area (Å²) in [6.07, 6.45) is 0. The molecular weight excluding hydrogens is 834 g/mol. The molecule has 0 atom stereocenters. The Morgan fingerprint density at radius 3 is 0.600 bits per heavy atom. The molecule has 18 valence electrons. The van der Waals surface area contributed by atoms with Gasteiger partial charge in [-0.1, -0.05) is 0 Å². The molecule has 0 fully saturated rings. The van der Waals surface area contributed by atoms with Crippen LogP contribution in [0.5, 0.6) is 0 Å². The van der Waals surface area contributed by atoms with Crippen LogP contribution in [0.25, 0.3) is 0 Å². The van der Waals surface area contributed by atoms with Crippen LogP contribution in [0.4, 0.5) is 0 Å². The monoisotopic (exact) mass is 836 g/mol. The molecular formula is OTl4. The summed E-state index contributed by atoms with van der Waals surface area (Å²) in [6, 6.07) is 0. The van der Waals surface area contributed by atoms with Crippen LogP contribution >= 0.6 is 0 Å². The summed E-state index contributed by atoms with van der Waals surface area (Å²) in [5.41, 5.74) is 0. The Balaban J connectivity index is 0. The first-order valence-electron chi connectivity index (χ1n) is 0. The molecule has 0 N–H and O–H groups in total. The van der Waals surface area contributed by atoms with Crippen LogP contribution in [0.3, 0.4) is 0 Å². The summed E-state index contributed by atoms with van der Waals surface area (Å²) in [7, 11) is 0. The van der Waals surface area contributed by atoms with Gasteiger partial charge in [0.25, 0.3) is 0 Å². The smallest absolute Gasteiger partial charge is 1.00 e. The van der Waals surface area contributed by atoms with Crippen LogP contribution in [-0.4, -0.2) is 109 Å². The molecule has 1 nitrogen and oxygen atoms in total. The van der Waals surface area contributed by atoms with E-state index in [-0.39, 0.29) is 115 Å². The Kier molecular flexibility index (Phi) is 193. The third-order valence-electron chi connectivity index (χ3n) is 0. The van der Waals surface area contributed by atoms with Gasteiger partial charge in [0, 0.05) is 54.6 Å². The van der Waals surface area contributed by atoms with Gasteiger partial charge in [-0.25, -0.2) is 0 Å². The average Bonchev–Trinajstić information content (AvgIpc) is 0. The van der Waals surface area contributed by atoms with Gasteiger partial charge in [-0.15, -0.1) is 0 Å². The number of hydrogen-bond donors (Lipinski definition) is 0. The fourth-order valence-corrected chi connectivity index (χ4v) is 0. The zero-order valence-corrected chi connectivity index (χ0v) is 20.7. The SMILES string of the molecule is [O-2].[Tl+].[Tl+].[Tl].[Tl]. The molecule has 0 aliphatic carbocycles. The molecule has 2 radical (unpaired) electrons. The summed E-state index contributed by atoms with van der Waals surface area (Å²) in [5, 5.41) is 0. The molecule has 0 aromatic heterocycles. The van der Waals surface area contributed by atoms with E-state index in [0.717, 1.165) is 0 Å². The van der Waals surface area contributed by atoms with Crippen molar-refractivity contribution in [3.05, 3.63) is 0 Å². The summed E-state index contributed by atoms with van der Waals surface area (Å²) >= 11 is 0. The number of rotatable bonds is 0. The molecule has 0 spiro atoms. The topological polar surface area (TPSA) is 28.5 Å². The fourth-order valence-electron chi connectivity index (χ4n) is 0. The second-order valence-electron chi connectivity index (χ2n) is 0. The molecule has 0 aliphatic rings. The second-order valence-corrected chi connectivity index (χ2v) is 0. The van der Waals surface area contributed by atoms with Gasteiger partial charge in [0.2, 0.25) is 0 Å². The van der Waals surface area contributed by atoms with Gasteiger partial charge in [-0.2, -0.15) is 0 Å². The van der Waals surface area contributed by atoms with E-state index in [0.29, 0.717) is 0 Å². The van der Waals surface area contributed by atoms with E-state index in [1.165, 1.54) is 0 Å². The molecule has 5 heteroatoms. The third-order valence-corrected chi connectivity index (χ3v) is 0. The van der Waals surface area contributed by atoms with Crippen molar-refractivity contribution in [2.45, 2.75) is 0 Å². The molecule has 0 saturated heterocycles. The van der Waals surface area contributed by atoms with E-state index >= 15 is 0 Å². The Morgan fingerprint density at radius 2 is 0.600 bits per heavy atom. The molecule has 0 aromatic rings. The van der Waals surface area contributed by atoms with Crippen LogP contribution in [0.2, 0.25) is 0 Å². The minimum absolute atomic E-state index is 0. The Hall–Kier alpha value is 3.65. The third kappa shape index (κ3) is 18.3. The van der Waals surface area contributed by atoms with Crippen LogP contribution in [0, 0.1) is 0 Å². The van der Waals surface area contributed by atoms with E-state index in [4.69, 9.17) is 0 Å². The van der Waals surface area contributed by atoms with Crippen molar-refractivity contribution < 1.29 is 5.48 Å². The Labute approximate surface area is 112 Å². The Bertz CT molecular complexity index is 3.61. The molecule has 0 aliphatic heterocycles. The fraction of sp³-hybridized carbons (Fsp3) is 0. The Morgan fingerprint density at radius 1 is 0.600 bits per heavy atom.